The van der Waals surface area contributed by atoms with Crippen LogP contribution >= 0.6 is 11.8 Å². The van der Waals surface area contributed by atoms with Crippen LogP contribution in [0.1, 0.15) is 27.7 Å². The summed E-state index contributed by atoms with van der Waals surface area (Å²) in [5, 5.41) is 20.5. The summed E-state index contributed by atoms with van der Waals surface area (Å²) < 4.78 is 0. The Kier molecular flexibility index (Phi) is 44.6. The van der Waals surface area contributed by atoms with Crippen LogP contribution in [0.15, 0.2) is 15.0 Å². The second kappa shape index (κ2) is 34.0. The highest BCUT2D eigenvalue weighted by molar-refractivity contribution is 8.13. The van der Waals surface area contributed by atoms with Crippen molar-refractivity contribution in [3.05, 3.63) is 0 Å². The van der Waals surface area contributed by atoms with Gasteiger partial charge in [0, 0.05) is 53.9 Å². The largest absolute Gasteiger partial charge is 0.400 e. The Balaban J connectivity index is -0.0000000853. The molecule has 0 aromatic carbocycles. The summed E-state index contributed by atoms with van der Waals surface area (Å²) in [6.07, 6.45) is 4.58. The highest BCUT2D eigenvalue weighted by Crippen LogP contribution is 2.11. The molecule has 0 aromatic rings. The van der Waals surface area contributed by atoms with Gasteiger partial charge in [0.25, 0.3) is 0 Å². The van der Waals surface area contributed by atoms with Crippen LogP contribution in [0.25, 0.3) is 0 Å². The van der Waals surface area contributed by atoms with Gasteiger partial charge in [-0.05, 0) is 33.2 Å². The van der Waals surface area contributed by atoms with Crippen LogP contribution in [0.5, 0.6) is 0 Å². The van der Waals surface area contributed by atoms with Crippen molar-refractivity contribution < 1.29 is 5.11 Å². The third kappa shape index (κ3) is 24.4. The number of aliphatic imine (C=N–C) groups is 3. The summed E-state index contributed by atoms with van der Waals surface area (Å²) in [6, 6.07) is 0. The molecule has 0 amide bonds. The molecule has 3 heterocycles. The van der Waals surface area contributed by atoms with Crippen molar-refractivity contribution in [2.45, 2.75) is 27.7 Å². The summed E-state index contributed by atoms with van der Waals surface area (Å²) >= 11 is 1.78. The van der Waals surface area contributed by atoms with E-state index in [1.807, 2.05) is 0 Å². The number of aliphatic hydroxyl groups is 1. The van der Waals surface area contributed by atoms with Crippen molar-refractivity contribution in [3.8, 4) is 0 Å². The minimum Gasteiger partial charge on any atom is -0.400 e. The maximum absolute atomic E-state index is 7.00. The number of hydrogen-bond donors (Lipinski definition) is 7. The zero-order valence-electron chi connectivity index (χ0n) is 17.8. The fourth-order valence-electron chi connectivity index (χ4n) is 1.84. The minimum atomic E-state index is 0. The van der Waals surface area contributed by atoms with Gasteiger partial charge in [-0.1, -0.05) is 14.9 Å². The number of nitrogens with zero attached hydrogens (tertiary/aromatic N) is 3. The number of rotatable bonds is 0. The molecule has 11 heteroatoms. The Morgan fingerprint density at radius 3 is 1.31 bits per heavy atom. The van der Waals surface area contributed by atoms with Crippen LogP contribution in [0, 0.1) is 0 Å². The Morgan fingerprint density at radius 1 is 0.828 bits per heavy atom. The summed E-state index contributed by atoms with van der Waals surface area (Å²) in [5.41, 5.74) is 9.00. The number of guanidine groups is 2. The summed E-state index contributed by atoms with van der Waals surface area (Å²) in [6.45, 7) is 5.09. The third-order valence-electron chi connectivity index (χ3n) is 2.94. The molecule has 0 bridgehead atoms. The summed E-state index contributed by atoms with van der Waals surface area (Å²) in [5.74, 6) is 1.83. The third-order valence-corrected chi connectivity index (χ3v) is 3.74. The first kappa shape index (κ1) is 38.1. The second-order valence-electron chi connectivity index (χ2n) is 4.43. The quantitative estimate of drug-likeness (QED) is 0.276. The molecule has 0 atom stereocenters. The molecule has 0 radical (unpaired) electrons. The molecule has 3 aliphatic heterocycles. The molecule has 10 nitrogen and oxygen atoms in total. The smallest absolute Gasteiger partial charge is 0.191 e. The molecule has 3 rings (SSSR count). The van der Waals surface area contributed by atoms with Crippen molar-refractivity contribution in [3.63, 3.8) is 0 Å². The van der Waals surface area contributed by atoms with E-state index in [1.54, 1.807) is 25.9 Å². The molecular formula is C18H49N9OS. The molecule has 0 unspecified atom stereocenters. The van der Waals surface area contributed by atoms with Crippen molar-refractivity contribution in [1.82, 2.24) is 21.3 Å². The fourth-order valence-corrected chi connectivity index (χ4v) is 2.41. The van der Waals surface area contributed by atoms with E-state index in [2.05, 4.69) is 54.0 Å². The van der Waals surface area contributed by atoms with Gasteiger partial charge in [0.1, 0.15) is 0 Å². The van der Waals surface area contributed by atoms with E-state index in [0.717, 1.165) is 51.8 Å². The number of hydrogen-bond acceptors (Lipinski definition) is 7. The first-order chi connectivity index (χ1) is 13.3. The van der Waals surface area contributed by atoms with E-state index in [1.165, 1.54) is 32.0 Å². The van der Waals surface area contributed by atoms with E-state index in [-0.39, 0.29) is 14.9 Å². The lowest BCUT2D eigenvalue weighted by Gasteiger charge is -1.90. The molecule has 0 saturated carbocycles. The SMILES string of the molecule is C.C.CN.CN.CN=C1NCCN1.CN=C1NCCN1.CO.CSC1=NCCC1. The second-order valence-corrected chi connectivity index (χ2v) is 5.31. The molecule has 2 saturated heterocycles. The Hall–Kier alpha value is -1.56. The van der Waals surface area contributed by atoms with E-state index >= 15 is 0 Å². The predicted molar refractivity (Wildman–Crippen MR) is 136 cm³/mol. The maximum Gasteiger partial charge on any atom is 0.191 e. The summed E-state index contributed by atoms with van der Waals surface area (Å²) in [7, 11) is 7.53. The average Bonchev–Trinajstić information content (AvgIpc) is 3.56. The molecule has 0 aromatic heterocycles. The van der Waals surface area contributed by atoms with Gasteiger partial charge >= 0.3 is 0 Å². The summed E-state index contributed by atoms with van der Waals surface area (Å²) in [4.78, 5) is 12.0. The molecule has 0 aliphatic carbocycles. The maximum atomic E-state index is 7.00. The lowest BCUT2D eigenvalue weighted by atomic mass is 10.4. The van der Waals surface area contributed by atoms with Crippen LogP contribution in [0.4, 0.5) is 0 Å². The monoisotopic (exact) mass is 439 g/mol. The molecule has 2 fully saturated rings. The van der Waals surface area contributed by atoms with Crippen LogP contribution in [-0.4, -0.2) is 96.3 Å². The first-order valence-electron chi connectivity index (χ1n) is 8.86. The van der Waals surface area contributed by atoms with Gasteiger partial charge in [0.05, 0.1) is 5.04 Å². The van der Waals surface area contributed by atoms with Gasteiger partial charge < -0.3 is 37.8 Å². The first-order valence-corrected chi connectivity index (χ1v) is 10.1. The van der Waals surface area contributed by atoms with Gasteiger partial charge in [-0.15, -0.1) is 11.8 Å². The van der Waals surface area contributed by atoms with Crippen molar-refractivity contribution in [2.75, 3.05) is 74.3 Å². The highest BCUT2D eigenvalue weighted by Gasteiger charge is 2.02. The van der Waals surface area contributed by atoms with Gasteiger partial charge in [0.15, 0.2) is 11.9 Å². The van der Waals surface area contributed by atoms with Crippen molar-refractivity contribution >= 4 is 28.7 Å². The zero-order chi connectivity index (χ0) is 21.3. The number of thioether (sulfide) groups is 1. The minimum absolute atomic E-state index is 0. The van der Waals surface area contributed by atoms with E-state index in [9.17, 15) is 0 Å². The standard InChI is InChI=1S/C5H9NS.2C4H9N3.2CH5N.CH4O.2CH4/c1-7-5-3-2-4-6-5;2*1-5-4-6-2-3-7-4;3*1-2;;/h2-4H2,1H3;2*2-3H2,1H3,(H2,5,6,7);2*2H2,1H3;2H,1H3;2*1H4. The average molecular weight is 440 g/mol. The molecule has 29 heavy (non-hydrogen) atoms. The molecule has 178 valence electrons. The van der Waals surface area contributed by atoms with Crippen molar-refractivity contribution in [2.24, 2.45) is 26.4 Å². The number of nitrogens with two attached hydrogens (primary N) is 2. The number of aliphatic hydroxyl groups excluding tert-OH is 1. The van der Waals surface area contributed by atoms with E-state index in [4.69, 9.17) is 5.11 Å². The van der Waals surface area contributed by atoms with Gasteiger partial charge in [-0.3, -0.25) is 15.0 Å². The van der Waals surface area contributed by atoms with E-state index in [0.29, 0.717) is 0 Å². The Labute approximate surface area is 183 Å². The molecule has 3 aliphatic rings. The molecular weight excluding hydrogens is 390 g/mol. The van der Waals surface area contributed by atoms with Crippen molar-refractivity contribution in [1.29, 1.82) is 0 Å². The highest BCUT2D eigenvalue weighted by atomic mass is 32.2. The molecule has 0 spiro atoms. The lowest BCUT2D eigenvalue weighted by molar-refractivity contribution is 0.399. The zero-order valence-corrected chi connectivity index (χ0v) is 18.6. The normalized spacial score (nSPS) is 14.2. The van der Waals surface area contributed by atoms with Gasteiger partial charge in [0.2, 0.25) is 0 Å². The predicted octanol–water partition coefficient (Wildman–Crippen LogP) is -0.0978. The van der Waals surface area contributed by atoms with Crippen LogP contribution in [0.2, 0.25) is 0 Å². The van der Waals surface area contributed by atoms with Gasteiger partial charge in [-0.25, -0.2) is 0 Å². The van der Waals surface area contributed by atoms with Crippen LogP contribution in [0.3, 0.4) is 0 Å². The Bertz CT molecular complexity index is 352. The van der Waals surface area contributed by atoms with E-state index < -0.39 is 0 Å². The topological polar surface area (TPSA) is 157 Å². The fraction of sp³-hybridized carbons (Fsp3) is 0.833. The lowest BCUT2D eigenvalue weighted by Crippen LogP contribution is -2.23. The number of nitrogens with one attached hydrogen (secondary N) is 4. The van der Waals surface area contributed by atoms with Crippen LogP contribution < -0.4 is 32.7 Å². The Morgan fingerprint density at radius 2 is 1.17 bits per heavy atom. The molecule has 9 N–H and O–H groups in total. The van der Waals surface area contributed by atoms with Gasteiger partial charge in [-0.2, -0.15) is 0 Å². The van der Waals surface area contributed by atoms with Crippen LogP contribution in [-0.2, 0) is 0 Å².